The first-order valence-electron chi connectivity index (χ1n) is 5.34. The summed E-state index contributed by atoms with van der Waals surface area (Å²) in [5.41, 5.74) is 4.24. The van der Waals surface area contributed by atoms with Crippen LogP contribution in [0.5, 0.6) is 0 Å². The van der Waals surface area contributed by atoms with Crippen LogP contribution in [0.15, 0.2) is 41.8 Å². The number of thiophene rings is 1. The van der Waals surface area contributed by atoms with Gasteiger partial charge in [-0.05, 0) is 36.1 Å². The van der Waals surface area contributed by atoms with Gasteiger partial charge in [0.2, 0.25) is 0 Å². The van der Waals surface area contributed by atoms with Crippen molar-refractivity contribution in [2.75, 3.05) is 0 Å². The average molecular weight is 243 g/mol. The van der Waals surface area contributed by atoms with Gasteiger partial charge < -0.3 is 5.21 Å². The highest BCUT2D eigenvalue weighted by Crippen LogP contribution is 2.12. The minimum atomic E-state index is -0.0608. The van der Waals surface area contributed by atoms with Crippen molar-refractivity contribution < 1.29 is 5.21 Å². The van der Waals surface area contributed by atoms with Crippen molar-refractivity contribution in [1.29, 1.82) is 0 Å². The lowest BCUT2D eigenvalue weighted by molar-refractivity contribution is 0.133. The summed E-state index contributed by atoms with van der Waals surface area (Å²) < 4.78 is 0. The molecule has 3 heteroatoms. The number of nitrogens with one attached hydrogen (secondary N) is 1. The van der Waals surface area contributed by atoms with E-state index in [0.29, 0.717) is 0 Å². The first kappa shape index (κ1) is 11.9. The first-order valence-corrected chi connectivity index (χ1v) is 6.22. The van der Waals surface area contributed by atoms with E-state index >= 15 is 0 Å². The zero-order valence-corrected chi connectivity index (χ0v) is 10.3. The van der Waals surface area contributed by atoms with Crippen molar-refractivity contribution in [2.24, 2.45) is 0 Å². The van der Waals surface area contributed by atoms with Crippen molar-refractivity contribution in [3.63, 3.8) is 0 Å². The molecule has 1 aromatic heterocycles. The van der Waals surface area contributed by atoms with Gasteiger partial charge in [-0.2, -0.15) is 5.48 Å². The van der Waals surface area contributed by atoms with Gasteiger partial charge in [0.15, 0.2) is 0 Å². The monoisotopic (exact) mass is 243 g/mol. The summed E-state index contributed by atoms with van der Waals surface area (Å²) >= 11 is 1.64. The molecule has 2 aromatic rings. The Hall–Kier alpha value is -1.60. The van der Waals surface area contributed by atoms with Crippen LogP contribution < -0.4 is 5.48 Å². The summed E-state index contributed by atoms with van der Waals surface area (Å²) in [5.74, 6) is 6.22. The van der Waals surface area contributed by atoms with Gasteiger partial charge in [-0.25, -0.2) is 0 Å². The molecule has 2 nitrogen and oxygen atoms in total. The summed E-state index contributed by atoms with van der Waals surface area (Å²) in [6.07, 6.45) is 0. The lowest BCUT2D eigenvalue weighted by Gasteiger charge is -2.08. The van der Waals surface area contributed by atoms with Gasteiger partial charge in [0.05, 0.1) is 10.9 Å². The van der Waals surface area contributed by atoms with E-state index in [4.69, 9.17) is 5.21 Å². The van der Waals surface area contributed by atoms with Crippen molar-refractivity contribution >= 4 is 11.3 Å². The molecular weight excluding hydrogens is 230 g/mol. The molecule has 1 unspecified atom stereocenters. The molecule has 0 aliphatic heterocycles. The van der Waals surface area contributed by atoms with Crippen LogP contribution in [-0.4, -0.2) is 5.21 Å². The van der Waals surface area contributed by atoms with E-state index in [9.17, 15) is 0 Å². The highest BCUT2D eigenvalue weighted by atomic mass is 32.1. The van der Waals surface area contributed by atoms with Crippen LogP contribution in [0.25, 0.3) is 0 Å². The third-order valence-electron chi connectivity index (χ3n) is 2.46. The Morgan fingerprint density at radius 1 is 1.18 bits per heavy atom. The Balaban J connectivity index is 2.13. The highest BCUT2D eigenvalue weighted by molar-refractivity contribution is 7.10. The molecule has 0 saturated heterocycles. The molecule has 1 aromatic carbocycles. The molecule has 0 radical (unpaired) electrons. The zero-order valence-electron chi connectivity index (χ0n) is 9.47. The fourth-order valence-corrected chi connectivity index (χ4v) is 1.98. The van der Waals surface area contributed by atoms with Crippen LogP contribution in [0, 0.1) is 11.8 Å². The van der Waals surface area contributed by atoms with Crippen molar-refractivity contribution in [3.8, 4) is 11.8 Å². The summed E-state index contributed by atoms with van der Waals surface area (Å²) in [6, 6.07) is 11.8. The SMILES string of the molecule is CC(NO)c1ccc(C#Cc2cccs2)cc1. The summed E-state index contributed by atoms with van der Waals surface area (Å²) in [7, 11) is 0. The van der Waals surface area contributed by atoms with E-state index in [0.717, 1.165) is 16.0 Å². The Kier molecular flexibility index (Phi) is 3.94. The van der Waals surface area contributed by atoms with E-state index in [1.807, 2.05) is 48.7 Å². The van der Waals surface area contributed by atoms with Crippen LogP contribution in [0.4, 0.5) is 0 Å². The third-order valence-corrected chi connectivity index (χ3v) is 3.24. The average Bonchev–Trinajstić information content (AvgIpc) is 2.89. The van der Waals surface area contributed by atoms with Crippen LogP contribution in [0.3, 0.4) is 0 Å². The maximum absolute atomic E-state index is 8.81. The number of hydrogen-bond donors (Lipinski definition) is 2. The third kappa shape index (κ3) is 3.18. The summed E-state index contributed by atoms with van der Waals surface area (Å²) in [4.78, 5) is 1.07. The van der Waals surface area contributed by atoms with E-state index in [1.165, 1.54) is 0 Å². The number of hydroxylamine groups is 1. The second-order valence-electron chi connectivity index (χ2n) is 3.70. The molecule has 0 aliphatic carbocycles. The number of rotatable bonds is 2. The van der Waals surface area contributed by atoms with Gasteiger partial charge in [0.1, 0.15) is 0 Å². The largest absolute Gasteiger partial charge is 0.316 e. The molecule has 1 atom stereocenters. The second-order valence-corrected chi connectivity index (χ2v) is 4.65. The van der Waals surface area contributed by atoms with Gasteiger partial charge in [-0.3, -0.25) is 0 Å². The minimum Gasteiger partial charge on any atom is -0.316 e. The number of hydrogen-bond acceptors (Lipinski definition) is 3. The molecule has 2 rings (SSSR count). The fourth-order valence-electron chi connectivity index (χ4n) is 1.41. The molecule has 0 spiro atoms. The van der Waals surface area contributed by atoms with Crippen LogP contribution in [0.2, 0.25) is 0 Å². The summed E-state index contributed by atoms with van der Waals surface area (Å²) in [6.45, 7) is 1.90. The van der Waals surface area contributed by atoms with E-state index < -0.39 is 0 Å². The van der Waals surface area contributed by atoms with Gasteiger partial charge in [0.25, 0.3) is 0 Å². The fraction of sp³-hybridized carbons (Fsp3) is 0.143. The Bertz CT molecular complexity index is 520. The Morgan fingerprint density at radius 2 is 1.94 bits per heavy atom. The second kappa shape index (κ2) is 5.65. The molecule has 2 N–H and O–H groups in total. The molecule has 86 valence electrons. The van der Waals surface area contributed by atoms with Gasteiger partial charge in [-0.15, -0.1) is 11.3 Å². The minimum absolute atomic E-state index is 0.0608. The van der Waals surface area contributed by atoms with Gasteiger partial charge in [-0.1, -0.05) is 30.0 Å². The molecule has 0 amide bonds. The quantitative estimate of drug-likeness (QED) is 0.627. The van der Waals surface area contributed by atoms with Crippen LogP contribution >= 0.6 is 11.3 Å². The van der Waals surface area contributed by atoms with Crippen LogP contribution in [0.1, 0.15) is 29.0 Å². The maximum Gasteiger partial charge on any atom is 0.0772 e. The normalized spacial score (nSPS) is 11.6. The smallest absolute Gasteiger partial charge is 0.0772 e. The lowest BCUT2D eigenvalue weighted by atomic mass is 10.1. The first-order chi connectivity index (χ1) is 8.29. The predicted molar refractivity (Wildman–Crippen MR) is 70.1 cm³/mol. The molecule has 0 saturated carbocycles. The van der Waals surface area contributed by atoms with Crippen molar-refractivity contribution in [2.45, 2.75) is 13.0 Å². The lowest BCUT2D eigenvalue weighted by Crippen LogP contribution is -2.12. The standard InChI is InChI=1S/C14H13NOS/c1-11(15-16)13-7-4-12(5-8-13)6-9-14-3-2-10-17-14/h2-5,7-8,10-11,15-16H,1H3. The predicted octanol–water partition coefficient (Wildman–Crippen LogP) is 3.19. The van der Waals surface area contributed by atoms with Crippen molar-refractivity contribution in [3.05, 3.63) is 57.8 Å². The molecule has 0 bridgehead atoms. The van der Waals surface area contributed by atoms with Gasteiger partial charge >= 0.3 is 0 Å². The van der Waals surface area contributed by atoms with E-state index in [-0.39, 0.29) is 6.04 Å². The van der Waals surface area contributed by atoms with Gasteiger partial charge in [0, 0.05) is 5.56 Å². The molecule has 17 heavy (non-hydrogen) atoms. The number of benzene rings is 1. The molecule has 0 fully saturated rings. The molecule has 0 aliphatic rings. The van der Waals surface area contributed by atoms with Crippen molar-refractivity contribution in [1.82, 2.24) is 5.48 Å². The highest BCUT2D eigenvalue weighted by Gasteiger charge is 2.01. The van der Waals surface area contributed by atoms with Crippen LogP contribution in [-0.2, 0) is 0 Å². The molecule has 1 heterocycles. The maximum atomic E-state index is 8.81. The Morgan fingerprint density at radius 3 is 2.53 bits per heavy atom. The van der Waals surface area contributed by atoms with E-state index in [1.54, 1.807) is 11.3 Å². The summed E-state index contributed by atoms with van der Waals surface area (Å²) in [5, 5.41) is 10.8. The van der Waals surface area contributed by atoms with E-state index in [2.05, 4.69) is 17.3 Å². The Labute approximate surface area is 105 Å². The molecular formula is C14H13NOS. The topological polar surface area (TPSA) is 32.3 Å². The zero-order chi connectivity index (χ0) is 12.1.